The first kappa shape index (κ1) is 29.0. The SMILES string of the molecule is C=CC(=O)N1CCN(c2nc(OCC3CCCN3C)nc(C[C@H]3Cc4ccccc4C(F)O3)c2CC)CC1CC#N. The van der Waals surface area contributed by atoms with Crippen LogP contribution in [0.3, 0.4) is 0 Å². The van der Waals surface area contributed by atoms with Gasteiger partial charge in [-0.2, -0.15) is 15.2 Å². The molecule has 0 bridgehead atoms. The van der Waals surface area contributed by atoms with Gasteiger partial charge in [0.25, 0.3) is 0 Å². The molecule has 0 aliphatic carbocycles. The molecule has 2 aromatic rings. The molecule has 41 heavy (non-hydrogen) atoms. The van der Waals surface area contributed by atoms with E-state index < -0.39 is 6.36 Å². The molecule has 218 valence electrons. The predicted molar refractivity (Wildman–Crippen MR) is 153 cm³/mol. The highest BCUT2D eigenvalue weighted by Crippen LogP contribution is 2.34. The van der Waals surface area contributed by atoms with Crippen LogP contribution in [0.5, 0.6) is 6.01 Å². The molecule has 0 spiro atoms. The number of fused-ring (bicyclic) bond motifs is 1. The Bertz CT molecular complexity index is 1300. The molecule has 3 unspecified atom stereocenters. The van der Waals surface area contributed by atoms with E-state index in [0.29, 0.717) is 63.1 Å². The number of piperazine rings is 1. The third-order valence-electron chi connectivity index (χ3n) is 8.53. The zero-order valence-corrected chi connectivity index (χ0v) is 24.0. The van der Waals surface area contributed by atoms with E-state index in [2.05, 4.69) is 36.4 Å². The van der Waals surface area contributed by atoms with Crippen LogP contribution in [0.4, 0.5) is 10.2 Å². The summed E-state index contributed by atoms with van der Waals surface area (Å²) < 4.78 is 27.0. The van der Waals surface area contributed by atoms with E-state index in [4.69, 9.17) is 19.4 Å². The van der Waals surface area contributed by atoms with Crippen molar-refractivity contribution in [3.63, 3.8) is 0 Å². The van der Waals surface area contributed by atoms with Gasteiger partial charge in [0, 0.05) is 43.2 Å². The zero-order valence-electron chi connectivity index (χ0n) is 24.0. The van der Waals surface area contributed by atoms with Gasteiger partial charge in [0.15, 0.2) is 0 Å². The van der Waals surface area contributed by atoms with Crippen molar-refractivity contribution < 1.29 is 18.7 Å². The number of nitriles is 1. The van der Waals surface area contributed by atoms with Gasteiger partial charge in [-0.1, -0.05) is 37.8 Å². The summed E-state index contributed by atoms with van der Waals surface area (Å²) in [5.74, 6) is 0.568. The first-order valence-corrected chi connectivity index (χ1v) is 14.6. The lowest BCUT2D eigenvalue weighted by atomic mass is 9.94. The summed E-state index contributed by atoms with van der Waals surface area (Å²) in [7, 11) is 2.10. The van der Waals surface area contributed by atoms with Crippen LogP contribution in [0.25, 0.3) is 0 Å². The molecule has 4 atom stereocenters. The molecule has 1 aromatic heterocycles. The molecular weight excluding hydrogens is 523 g/mol. The smallest absolute Gasteiger partial charge is 0.318 e. The van der Waals surface area contributed by atoms with Crippen molar-refractivity contribution in [3.05, 3.63) is 59.3 Å². The third kappa shape index (κ3) is 6.36. The van der Waals surface area contributed by atoms with E-state index in [1.165, 1.54) is 6.08 Å². The number of hydrogen-bond acceptors (Lipinski definition) is 8. The van der Waals surface area contributed by atoms with Crippen molar-refractivity contribution in [2.45, 2.75) is 70.0 Å². The summed E-state index contributed by atoms with van der Waals surface area (Å²) in [6.45, 7) is 8.67. The summed E-state index contributed by atoms with van der Waals surface area (Å²) in [5.41, 5.74) is 3.27. The topological polar surface area (TPSA) is 94.8 Å². The van der Waals surface area contributed by atoms with Crippen LogP contribution >= 0.6 is 0 Å². The number of carbonyl (C=O) groups is 1. The molecule has 9 nitrogen and oxygen atoms in total. The van der Waals surface area contributed by atoms with E-state index >= 15 is 0 Å². The van der Waals surface area contributed by atoms with Crippen molar-refractivity contribution >= 4 is 11.7 Å². The number of anilines is 1. The van der Waals surface area contributed by atoms with Crippen molar-refractivity contribution in [1.82, 2.24) is 19.8 Å². The van der Waals surface area contributed by atoms with E-state index in [9.17, 15) is 14.4 Å². The number of likely N-dealkylation sites (N-methyl/N-ethyl adjacent to an activating group) is 1. The second-order valence-electron chi connectivity index (χ2n) is 11.1. The minimum absolute atomic E-state index is 0.177. The Morgan fingerprint density at radius 1 is 1.27 bits per heavy atom. The average Bonchev–Trinajstić information content (AvgIpc) is 3.40. The number of benzene rings is 1. The van der Waals surface area contributed by atoms with Gasteiger partial charge in [0.2, 0.25) is 12.3 Å². The Morgan fingerprint density at radius 2 is 2.10 bits per heavy atom. The highest BCUT2D eigenvalue weighted by atomic mass is 19.1. The fourth-order valence-electron chi connectivity index (χ4n) is 6.26. The molecule has 3 aliphatic rings. The molecule has 0 saturated carbocycles. The second kappa shape index (κ2) is 13.0. The minimum Gasteiger partial charge on any atom is -0.462 e. The van der Waals surface area contributed by atoms with Crippen molar-refractivity contribution in [3.8, 4) is 12.1 Å². The van der Waals surface area contributed by atoms with Gasteiger partial charge in [-0.05, 0) is 50.9 Å². The van der Waals surface area contributed by atoms with Crippen LogP contribution < -0.4 is 9.64 Å². The second-order valence-corrected chi connectivity index (χ2v) is 11.1. The zero-order chi connectivity index (χ0) is 28.9. The Morgan fingerprint density at radius 3 is 2.83 bits per heavy atom. The number of nitrogens with zero attached hydrogens (tertiary/aromatic N) is 6. The number of carbonyl (C=O) groups excluding carboxylic acids is 1. The van der Waals surface area contributed by atoms with Crippen LogP contribution in [0, 0.1) is 11.3 Å². The van der Waals surface area contributed by atoms with Gasteiger partial charge in [-0.15, -0.1) is 0 Å². The molecular formula is C31H39FN6O3. The Kier molecular flexibility index (Phi) is 9.15. The van der Waals surface area contributed by atoms with Crippen molar-refractivity contribution in [2.24, 2.45) is 0 Å². The van der Waals surface area contributed by atoms with Gasteiger partial charge >= 0.3 is 6.01 Å². The Labute approximate surface area is 241 Å². The fraction of sp³-hybridized carbons (Fsp3) is 0.548. The lowest BCUT2D eigenvalue weighted by Crippen LogP contribution is -2.55. The number of likely N-dealkylation sites (tertiary alicyclic amines) is 1. The Hall–Kier alpha value is -3.55. The molecule has 0 N–H and O–H groups in total. The number of ether oxygens (including phenoxy) is 2. The maximum Gasteiger partial charge on any atom is 0.318 e. The first-order chi connectivity index (χ1) is 19.9. The molecule has 10 heteroatoms. The van der Waals surface area contributed by atoms with Crippen LogP contribution in [-0.4, -0.2) is 83.7 Å². The maximum absolute atomic E-state index is 15.0. The lowest BCUT2D eigenvalue weighted by molar-refractivity contribution is -0.128. The summed E-state index contributed by atoms with van der Waals surface area (Å²) in [5, 5.41) is 9.48. The summed E-state index contributed by atoms with van der Waals surface area (Å²) >= 11 is 0. The van der Waals surface area contributed by atoms with Crippen LogP contribution in [0.2, 0.25) is 0 Å². The van der Waals surface area contributed by atoms with E-state index in [1.54, 1.807) is 11.0 Å². The van der Waals surface area contributed by atoms with Gasteiger partial charge < -0.3 is 24.2 Å². The summed E-state index contributed by atoms with van der Waals surface area (Å²) in [6, 6.07) is 10.0. The van der Waals surface area contributed by atoms with Crippen LogP contribution in [-0.2, 0) is 28.8 Å². The minimum atomic E-state index is -1.48. The van der Waals surface area contributed by atoms with Crippen molar-refractivity contribution in [1.29, 1.82) is 5.26 Å². The first-order valence-electron chi connectivity index (χ1n) is 14.6. The lowest BCUT2D eigenvalue weighted by Gasteiger charge is -2.41. The number of halogens is 1. The van der Waals surface area contributed by atoms with Crippen molar-refractivity contribution in [2.75, 3.05) is 44.7 Å². The number of aromatic nitrogens is 2. The van der Waals surface area contributed by atoms with E-state index in [1.807, 2.05) is 18.2 Å². The predicted octanol–water partition coefficient (Wildman–Crippen LogP) is 3.78. The summed E-state index contributed by atoms with van der Waals surface area (Å²) in [6.07, 6.45) is 3.52. The number of amides is 1. The highest BCUT2D eigenvalue weighted by Gasteiger charge is 2.33. The molecule has 4 heterocycles. The van der Waals surface area contributed by atoms with Gasteiger partial charge in [-0.3, -0.25) is 4.79 Å². The van der Waals surface area contributed by atoms with E-state index in [-0.39, 0.29) is 24.5 Å². The summed E-state index contributed by atoms with van der Waals surface area (Å²) in [4.78, 5) is 28.4. The standard InChI is InChI=1S/C31H39FN6O3/c1-4-25-27(18-24-17-21-9-6-7-11-26(21)29(32)41-24)34-31(40-20-23-10-8-14-36(23)3)35-30(25)37-15-16-38(28(39)5-2)22(19-37)12-13-33/h5-7,9,11,22-24,29H,2,4,8,10,12,14-20H2,1,3H3/t22?,23?,24-,29?/m1/s1. The molecule has 1 amide bonds. The molecule has 1 aromatic carbocycles. The normalized spacial score (nSPS) is 24.5. The highest BCUT2D eigenvalue weighted by molar-refractivity contribution is 5.87. The molecule has 3 aliphatic heterocycles. The number of hydrogen-bond donors (Lipinski definition) is 0. The third-order valence-corrected chi connectivity index (χ3v) is 8.53. The largest absolute Gasteiger partial charge is 0.462 e. The molecule has 2 fully saturated rings. The number of alkyl halides is 1. The van der Waals surface area contributed by atoms with Gasteiger partial charge in [0.1, 0.15) is 12.4 Å². The monoisotopic (exact) mass is 562 g/mol. The van der Waals surface area contributed by atoms with Gasteiger partial charge in [0.05, 0.1) is 30.3 Å². The van der Waals surface area contributed by atoms with Gasteiger partial charge in [-0.25, -0.2) is 4.39 Å². The molecule has 5 rings (SSSR count). The van der Waals surface area contributed by atoms with Crippen LogP contribution in [0.1, 0.15) is 54.9 Å². The molecule has 2 saturated heterocycles. The Balaban J connectivity index is 1.45. The number of rotatable bonds is 9. The average molecular weight is 563 g/mol. The van der Waals surface area contributed by atoms with E-state index in [0.717, 1.165) is 42.0 Å². The molecule has 0 radical (unpaired) electrons. The van der Waals surface area contributed by atoms with Crippen LogP contribution in [0.15, 0.2) is 36.9 Å². The fourth-order valence-corrected chi connectivity index (χ4v) is 6.26. The quantitative estimate of drug-likeness (QED) is 0.427. The maximum atomic E-state index is 15.0.